The van der Waals surface area contributed by atoms with E-state index in [1.165, 1.54) is 12.8 Å². The Bertz CT molecular complexity index is 347. The van der Waals surface area contributed by atoms with Crippen molar-refractivity contribution in [3.8, 4) is 5.75 Å². The summed E-state index contributed by atoms with van der Waals surface area (Å²) in [4.78, 5) is 0. The second-order valence-electron chi connectivity index (χ2n) is 4.57. The van der Waals surface area contributed by atoms with Gasteiger partial charge in [0.2, 0.25) is 0 Å². The second-order valence-corrected chi connectivity index (χ2v) is 4.57. The van der Waals surface area contributed by atoms with Crippen molar-refractivity contribution in [1.82, 2.24) is 0 Å². The molecule has 1 aliphatic rings. The summed E-state index contributed by atoms with van der Waals surface area (Å²) in [5.41, 5.74) is 0.899. The van der Waals surface area contributed by atoms with Gasteiger partial charge in [-0.2, -0.15) is 0 Å². The summed E-state index contributed by atoms with van der Waals surface area (Å²) in [5.74, 6) is 1.48. The zero-order valence-corrected chi connectivity index (χ0v) is 10.3. The fourth-order valence-corrected chi connectivity index (χ4v) is 1.92. The Hall–Kier alpha value is -1.06. The predicted molar refractivity (Wildman–Crippen MR) is 66.1 cm³/mol. The molecule has 0 bridgehead atoms. The Labute approximate surface area is 102 Å². The number of hydrogen-bond acceptors (Lipinski definition) is 3. The SMILES string of the molecule is COCCOc1ccccc1C(O)CC1CC1. The van der Waals surface area contributed by atoms with Crippen LogP contribution in [-0.4, -0.2) is 25.4 Å². The fourth-order valence-electron chi connectivity index (χ4n) is 1.92. The number of ether oxygens (including phenoxy) is 2. The molecule has 0 radical (unpaired) electrons. The van der Waals surface area contributed by atoms with Gasteiger partial charge < -0.3 is 14.6 Å². The van der Waals surface area contributed by atoms with Crippen molar-refractivity contribution in [3.05, 3.63) is 29.8 Å². The topological polar surface area (TPSA) is 38.7 Å². The minimum absolute atomic E-state index is 0.402. The summed E-state index contributed by atoms with van der Waals surface area (Å²) in [7, 11) is 1.65. The molecule has 1 aromatic carbocycles. The van der Waals surface area contributed by atoms with Crippen LogP contribution in [0, 0.1) is 5.92 Å². The van der Waals surface area contributed by atoms with Gasteiger partial charge in [0.15, 0.2) is 0 Å². The van der Waals surface area contributed by atoms with E-state index in [9.17, 15) is 5.11 Å². The molecule has 0 aromatic heterocycles. The van der Waals surface area contributed by atoms with Crippen molar-refractivity contribution in [2.45, 2.75) is 25.4 Å². The minimum atomic E-state index is -0.402. The lowest BCUT2D eigenvalue weighted by Crippen LogP contribution is -2.08. The summed E-state index contributed by atoms with van der Waals surface area (Å²) in [6, 6.07) is 7.71. The van der Waals surface area contributed by atoms with Crippen molar-refractivity contribution in [2.24, 2.45) is 5.92 Å². The zero-order valence-electron chi connectivity index (χ0n) is 10.3. The molecule has 0 aliphatic heterocycles. The van der Waals surface area contributed by atoms with Gasteiger partial charge in [-0.25, -0.2) is 0 Å². The molecule has 1 N–H and O–H groups in total. The van der Waals surface area contributed by atoms with Gasteiger partial charge in [-0.05, 0) is 18.4 Å². The molecule has 3 nitrogen and oxygen atoms in total. The third kappa shape index (κ3) is 3.72. The second kappa shape index (κ2) is 6.03. The Morgan fingerprint density at radius 1 is 1.29 bits per heavy atom. The van der Waals surface area contributed by atoms with E-state index in [0.717, 1.165) is 17.7 Å². The standard InChI is InChI=1S/C14H20O3/c1-16-8-9-17-14-5-3-2-4-12(14)13(15)10-11-6-7-11/h2-5,11,13,15H,6-10H2,1H3. The molecule has 94 valence electrons. The van der Waals surface area contributed by atoms with Gasteiger partial charge in [-0.1, -0.05) is 31.0 Å². The van der Waals surface area contributed by atoms with Crippen molar-refractivity contribution in [3.63, 3.8) is 0 Å². The molecular formula is C14H20O3. The highest BCUT2D eigenvalue weighted by Crippen LogP contribution is 2.39. The molecule has 0 saturated heterocycles. The van der Waals surface area contributed by atoms with Crippen LogP contribution >= 0.6 is 0 Å². The highest BCUT2D eigenvalue weighted by atomic mass is 16.5. The molecule has 2 rings (SSSR count). The monoisotopic (exact) mass is 236 g/mol. The van der Waals surface area contributed by atoms with Crippen molar-refractivity contribution < 1.29 is 14.6 Å². The summed E-state index contributed by atoms with van der Waals surface area (Å²) < 4.78 is 10.6. The predicted octanol–water partition coefficient (Wildman–Crippen LogP) is 2.55. The Morgan fingerprint density at radius 3 is 2.76 bits per heavy atom. The average Bonchev–Trinajstić information content (AvgIpc) is 3.14. The van der Waals surface area contributed by atoms with E-state index in [2.05, 4.69) is 0 Å². The summed E-state index contributed by atoms with van der Waals surface area (Å²) in [6.07, 6.45) is 2.96. The van der Waals surface area contributed by atoms with Crippen LogP contribution in [0.1, 0.15) is 30.9 Å². The number of hydrogen-bond donors (Lipinski definition) is 1. The van der Waals surface area contributed by atoms with Crippen molar-refractivity contribution >= 4 is 0 Å². The first-order valence-corrected chi connectivity index (χ1v) is 6.20. The van der Waals surface area contributed by atoms with Crippen LogP contribution in [0.25, 0.3) is 0 Å². The molecule has 1 saturated carbocycles. The fraction of sp³-hybridized carbons (Fsp3) is 0.571. The maximum absolute atomic E-state index is 10.2. The normalized spacial score (nSPS) is 16.8. The quantitative estimate of drug-likeness (QED) is 0.739. The number of para-hydroxylation sites is 1. The largest absolute Gasteiger partial charge is 0.491 e. The van der Waals surface area contributed by atoms with Crippen LogP contribution in [0.2, 0.25) is 0 Å². The van der Waals surface area contributed by atoms with E-state index < -0.39 is 6.10 Å². The molecule has 1 aliphatic carbocycles. The molecule has 1 atom stereocenters. The van der Waals surface area contributed by atoms with Crippen LogP contribution in [-0.2, 0) is 4.74 Å². The lowest BCUT2D eigenvalue weighted by atomic mass is 10.0. The van der Waals surface area contributed by atoms with Gasteiger partial charge in [0.25, 0.3) is 0 Å². The molecule has 1 fully saturated rings. The first-order chi connectivity index (χ1) is 8.31. The van der Waals surface area contributed by atoms with Crippen LogP contribution in [0.15, 0.2) is 24.3 Å². The van der Waals surface area contributed by atoms with E-state index in [4.69, 9.17) is 9.47 Å². The van der Waals surface area contributed by atoms with Crippen molar-refractivity contribution in [2.75, 3.05) is 20.3 Å². The van der Waals surface area contributed by atoms with Gasteiger partial charge in [-0.15, -0.1) is 0 Å². The van der Waals surface area contributed by atoms with Gasteiger partial charge >= 0.3 is 0 Å². The summed E-state index contributed by atoms with van der Waals surface area (Å²) >= 11 is 0. The van der Waals surface area contributed by atoms with Crippen LogP contribution in [0.3, 0.4) is 0 Å². The third-order valence-corrected chi connectivity index (χ3v) is 3.08. The number of aliphatic hydroxyl groups is 1. The van der Waals surface area contributed by atoms with Crippen LogP contribution in [0.5, 0.6) is 5.75 Å². The molecule has 3 heteroatoms. The van der Waals surface area contributed by atoms with Crippen molar-refractivity contribution in [1.29, 1.82) is 0 Å². The first kappa shape index (κ1) is 12.4. The van der Waals surface area contributed by atoms with Crippen LogP contribution < -0.4 is 4.74 Å². The summed E-state index contributed by atoms with van der Waals surface area (Å²) in [5, 5.41) is 10.2. The highest BCUT2D eigenvalue weighted by molar-refractivity contribution is 5.35. The number of methoxy groups -OCH3 is 1. The Balaban J connectivity index is 1.97. The van der Waals surface area contributed by atoms with E-state index in [-0.39, 0.29) is 0 Å². The van der Waals surface area contributed by atoms with E-state index in [1.807, 2.05) is 24.3 Å². The number of rotatable bonds is 7. The molecule has 17 heavy (non-hydrogen) atoms. The Morgan fingerprint density at radius 2 is 2.06 bits per heavy atom. The number of benzene rings is 1. The maximum atomic E-state index is 10.2. The van der Waals surface area contributed by atoms with E-state index in [1.54, 1.807) is 7.11 Å². The molecule has 1 unspecified atom stereocenters. The lowest BCUT2D eigenvalue weighted by Gasteiger charge is -2.15. The molecular weight excluding hydrogens is 216 g/mol. The lowest BCUT2D eigenvalue weighted by molar-refractivity contribution is 0.134. The molecule has 0 spiro atoms. The van der Waals surface area contributed by atoms with E-state index in [0.29, 0.717) is 19.1 Å². The Kier molecular flexibility index (Phi) is 4.40. The van der Waals surface area contributed by atoms with Gasteiger partial charge in [0, 0.05) is 12.7 Å². The minimum Gasteiger partial charge on any atom is -0.491 e. The van der Waals surface area contributed by atoms with E-state index >= 15 is 0 Å². The molecule has 0 amide bonds. The number of aliphatic hydroxyl groups excluding tert-OH is 1. The highest BCUT2D eigenvalue weighted by Gasteiger charge is 2.26. The smallest absolute Gasteiger partial charge is 0.125 e. The average molecular weight is 236 g/mol. The van der Waals surface area contributed by atoms with Crippen LogP contribution in [0.4, 0.5) is 0 Å². The molecule has 1 aromatic rings. The summed E-state index contributed by atoms with van der Waals surface area (Å²) in [6.45, 7) is 1.08. The van der Waals surface area contributed by atoms with Gasteiger partial charge in [0.05, 0.1) is 12.7 Å². The van der Waals surface area contributed by atoms with Gasteiger partial charge in [-0.3, -0.25) is 0 Å². The zero-order chi connectivity index (χ0) is 12.1. The first-order valence-electron chi connectivity index (χ1n) is 6.20. The maximum Gasteiger partial charge on any atom is 0.125 e. The third-order valence-electron chi connectivity index (χ3n) is 3.08. The molecule has 0 heterocycles. The van der Waals surface area contributed by atoms with Gasteiger partial charge in [0.1, 0.15) is 12.4 Å².